The first-order valence-electron chi connectivity index (χ1n) is 4.48. The molecule has 1 aliphatic heterocycles. The van der Waals surface area contributed by atoms with E-state index in [1.807, 2.05) is 11.8 Å². The minimum absolute atomic E-state index is 0.311. The Balaban J connectivity index is 2.61. The van der Waals surface area contributed by atoms with Gasteiger partial charge in [0.15, 0.2) is 0 Å². The van der Waals surface area contributed by atoms with Crippen molar-refractivity contribution >= 4 is 17.7 Å². The molecular formula is C9H16O3S. The van der Waals surface area contributed by atoms with Crippen LogP contribution in [0.15, 0.2) is 0 Å². The molecule has 0 saturated carbocycles. The number of ether oxygens (including phenoxy) is 1. The third-order valence-corrected chi connectivity index (χ3v) is 3.70. The lowest BCUT2D eigenvalue weighted by Crippen LogP contribution is -2.44. The van der Waals surface area contributed by atoms with E-state index in [0.29, 0.717) is 12.8 Å². The second kappa shape index (κ2) is 4.33. The van der Waals surface area contributed by atoms with Crippen molar-refractivity contribution in [3.05, 3.63) is 0 Å². The number of aliphatic hydroxyl groups is 1. The molecule has 0 aromatic carbocycles. The molecule has 0 aliphatic carbocycles. The highest BCUT2D eigenvalue weighted by Gasteiger charge is 2.39. The van der Waals surface area contributed by atoms with Crippen molar-refractivity contribution in [3.63, 3.8) is 0 Å². The van der Waals surface area contributed by atoms with E-state index in [4.69, 9.17) is 0 Å². The standard InChI is InChI=1S/C9H16O3S/c1-7(8(10)12-2)9(11)3-5-13-6-4-9/h7,11H,3-6H2,1-2H3. The van der Waals surface area contributed by atoms with Crippen LogP contribution in [0, 0.1) is 5.92 Å². The maximum Gasteiger partial charge on any atom is 0.311 e. The van der Waals surface area contributed by atoms with Crippen LogP contribution in [0.3, 0.4) is 0 Å². The zero-order valence-electron chi connectivity index (χ0n) is 8.08. The summed E-state index contributed by atoms with van der Waals surface area (Å²) in [5, 5.41) is 10.1. The number of thioether (sulfide) groups is 1. The van der Waals surface area contributed by atoms with Gasteiger partial charge in [-0.05, 0) is 31.3 Å². The molecule has 3 nitrogen and oxygen atoms in total. The lowest BCUT2D eigenvalue weighted by molar-refractivity contribution is -0.155. The van der Waals surface area contributed by atoms with Crippen LogP contribution in [-0.4, -0.2) is 35.3 Å². The quantitative estimate of drug-likeness (QED) is 0.683. The largest absolute Gasteiger partial charge is 0.469 e. The molecule has 0 spiro atoms. The average molecular weight is 204 g/mol. The first kappa shape index (κ1) is 10.9. The summed E-state index contributed by atoms with van der Waals surface area (Å²) in [5.74, 6) is 1.14. The second-order valence-electron chi connectivity index (χ2n) is 3.46. The van der Waals surface area contributed by atoms with Gasteiger partial charge >= 0.3 is 5.97 Å². The topological polar surface area (TPSA) is 46.5 Å². The van der Waals surface area contributed by atoms with E-state index >= 15 is 0 Å². The number of rotatable bonds is 2. The molecule has 1 rings (SSSR count). The van der Waals surface area contributed by atoms with Crippen molar-refractivity contribution < 1.29 is 14.6 Å². The summed E-state index contributed by atoms with van der Waals surface area (Å²) in [6, 6.07) is 0. The van der Waals surface area contributed by atoms with Gasteiger partial charge in [0.1, 0.15) is 0 Å². The molecule has 1 unspecified atom stereocenters. The number of esters is 1. The third-order valence-electron chi connectivity index (χ3n) is 2.72. The van der Waals surface area contributed by atoms with Gasteiger partial charge in [0.25, 0.3) is 0 Å². The van der Waals surface area contributed by atoms with Gasteiger partial charge in [0, 0.05) is 0 Å². The first-order valence-corrected chi connectivity index (χ1v) is 5.63. The predicted molar refractivity (Wildman–Crippen MR) is 52.7 cm³/mol. The molecular weight excluding hydrogens is 188 g/mol. The van der Waals surface area contributed by atoms with Crippen LogP contribution in [0.2, 0.25) is 0 Å². The molecule has 0 aromatic rings. The molecule has 4 heteroatoms. The Hall–Kier alpha value is -0.220. The molecule has 0 bridgehead atoms. The van der Waals surface area contributed by atoms with Crippen LogP contribution in [-0.2, 0) is 9.53 Å². The molecule has 0 amide bonds. The number of carbonyl (C=O) groups excluding carboxylic acids is 1. The van der Waals surface area contributed by atoms with E-state index in [-0.39, 0.29) is 5.97 Å². The summed E-state index contributed by atoms with van der Waals surface area (Å²) in [5.41, 5.74) is -0.835. The van der Waals surface area contributed by atoms with E-state index in [1.54, 1.807) is 6.92 Å². The highest BCUT2D eigenvalue weighted by Crippen LogP contribution is 2.33. The van der Waals surface area contributed by atoms with Crippen LogP contribution in [0.4, 0.5) is 0 Å². The predicted octanol–water partition coefficient (Wildman–Crippen LogP) is 1.05. The molecule has 0 radical (unpaired) electrons. The summed E-state index contributed by atoms with van der Waals surface area (Å²) in [6.45, 7) is 1.74. The van der Waals surface area contributed by atoms with Crippen molar-refractivity contribution in [1.82, 2.24) is 0 Å². The lowest BCUT2D eigenvalue weighted by atomic mass is 9.84. The van der Waals surface area contributed by atoms with E-state index in [2.05, 4.69) is 4.74 Å². The summed E-state index contributed by atoms with van der Waals surface area (Å²) in [7, 11) is 1.36. The summed E-state index contributed by atoms with van der Waals surface area (Å²) >= 11 is 1.82. The smallest absolute Gasteiger partial charge is 0.311 e. The Morgan fingerprint density at radius 1 is 1.54 bits per heavy atom. The van der Waals surface area contributed by atoms with Crippen molar-refractivity contribution in [2.45, 2.75) is 25.4 Å². The van der Waals surface area contributed by atoms with E-state index in [1.165, 1.54) is 7.11 Å². The van der Waals surface area contributed by atoms with Gasteiger partial charge in [-0.25, -0.2) is 0 Å². The normalized spacial score (nSPS) is 23.6. The maximum atomic E-state index is 11.2. The van der Waals surface area contributed by atoms with Gasteiger partial charge in [-0.1, -0.05) is 0 Å². The fraction of sp³-hybridized carbons (Fsp3) is 0.889. The van der Waals surface area contributed by atoms with E-state index in [0.717, 1.165) is 11.5 Å². The van der Waals surface area contributed by atoms with Gasteiger partial charge in [0.2, 0.25) is 0 Å². The fourth-order valence-electron chi connectivity index (χ4n) is 1.55. The van der Waals surface area contributed by atoms with Crippen molar-refractivity contribution in [1.29, 1.82) is 0 Å². The third kappa shape index (κ3) is 2.38. The van der Waals surface area contributed by atoms with Crippen molar-refractivity contribution in [3.8, 4) is 0 Å². The van der Waals surface area contributed by atoms with Crippen LogP contribution in [0.25, 0.3) is 0 Å². The molecule has 1 fully saturated rings. The molecule has 1 heterocycles. The molecule has 1 atom stereocenters. The highest BCUT2D eigenvalue weighted by atomic mass is 32.2. The number of hydrogen-bond acceptors (Lipinski definition) is 4. The van der Waals surface area contributed by atoms with Crippen LogP contribution in [0.5, 0.6) is 0 Å². The van der Waals surface area contributed by atoms with Crippen molar-refractivity contribution in [2.75, 3.05) is 18.6 Å². The monoisotopic (exact) mass is 204 g/mol. The van der Waals surface area contributed by atoms with E-state index < -0.39 is 11.5 Å². The SMILES string of the molecule is COC(=O)C(C)C1(O)CCSCC1. The summed E-state index contributed by atoms with van der Waals surface area (Å²) in [6.07, 6.45) is 1.38. The zero-order valence-corrected chi connectivity index (χ0v) is 8.89. The Labute approximate surface area is 82.8 Å². The van der Waals surface area contributed by atoms with Gasteiger partial charge in [-0.3, -0.25) is 4.79 Å². The molecule has 1 aliphatic rings. The summed E-state index contributed by atoms with van der Waals surface area (Å²) < 4.78 is 4.62. The van der Waals surface area contributed by atoms with Crippen LogP contribution in [0.1, 0.15) is 19.8 Å². The molecule has 13 heavy (non-hydrogen) atoms. The van der Waals surface area contributed by atoms with Crippen LogP contribution >= 0.6 is 11.8 Å². The number of hydrogen-bond donors (Lipinski definition) is 1. The Morgan fingerprint density at radius 3 is 2.54 bits per heavy atom. The Bertz CT molecular complexity index is 187. The fourth-order valence-corrected chi connectivity index (χ4v) is 2.75. The molecule has 1 saturated heterocycles. The Kier molecular flexibility index (Phi) is 3.62. The zero-order chi connectivity index (χ0) is 9.90. The van der Waals surface area contributed by atoms with Gasteiger partial charge in [-0.15, -0.1) is 0 Å². The first-order chi connectivity index (χ1) is 6.10. The maximum absolute atomic E-state index is 11.2. The van der Waals surface area contributed by atoms with Crippen LogP contribution < -0.4 is 0 Å². The van der Waals surface area contributed by atoms with Gasteiger partial charge in [0.05, 0.1) is 18.6 Å². The summed E-state index contributed by atoms with van der Waals surface area (Å²) in [4.78, 5) is 11.2. The molecule has 1 N–H and O–H groups in total. The average Bonchev–Trinajstić information content (AvgIpc) is 2.16. The van der Waals surface area contributed by atoms with E-state index in [9.17, 15) is 9.90 Å². The number of carbonyl (C=O) groups is 1. The molecule has 0 aromatic heterocycles. The minimum Gasteiger partial charge on any atom is -0.469 e. The number of methoxy groups -OCH3 is 1. The van der Waals surface area contributed by atoms with Gasteiger partial charge < -0.3 is 9.84 Å². The lowest BCUT2D eigenvalue weighted by Gasteiger charge is -2.35. The van der Waals surface area contributed by atoms with Gasteiger partial charge in [-0.2, -0.15) is 11.8 Å². The Morgan fingerprint density at radius 2 is 2.08 bits per heavy atom. The second-order valence-corrected chi connectivity index (χ2v) is 4.69. The highest BCUT2D eigenvalue weighted by molar-refractivity contribution is 7.99. The molecule has 76 valence electrons. The van der Waals surface area contributed by atoms with Crippen molar-refractivity contribution in [2.24, 2.45) is 5.92 Å². The minimum atomic E-state index is -0.835.